The molecule has 2 heterocycles. The Morgan fingerprint density at radius 2 is 1.84 bits per heavy atom. The lowest BCUT2D eigenvalue weighted by atomic mass is 9.88. The predicted octanol–water partition coefficient (Wildman–Crippen LogP) is 4.12. The summed E-state index contributed by atoms with van der Waals surface area (Å²) in [6, 6.07) is 15.4. The Morgan fingerprint density at radius 3 is 2.72 bits per heavy atom. The molecule has 4 aromatic rings. The minimum Gasteiger partial charge on any atom is -0.497 e. The van der Waals surface area contributed by atoms with Crippen molar-refractivity contribution in [3.05, 3.63) is 70.1 Å². The molecule has 1 aliphatic carbocycles. The van der Waals surface area contributed by atoms with Gasteiger partial charge in [0.2, 0.25) is 0 Å². The summed E-state index contributed by atoms with van der Waals surface area (Å²) < 4.78 is 10.6. The molecule has 0 unspecified atom stereocenters. The third-order valence-electron chi connectivity index (χ3n) is 4.91. The van der Waals surface area contributed by atoms with Gasteiger partial charge in [0.1, 0.15) is 11.3 Å². The number of aromatic nitrogens is 1. The molecule has 1 aliphatic rings. The van der Waals surface area contributed by atoms with Crippen LogP contribution in [0.25, 0.3) is 33.1 Å². The van der Waals surface area contributed by atoms with Crippen LogP contribution in [0.3, 0.4) is 0 Å². The summed E-state index contributed by atoms with van der Waals surface area (Å²) in [6.07, 6.45) is 1.90. The second kappa shape index (κ2) is 5.18. The van der Waals surface area contributed by atoms with Crippen LogP contribution in [0.15, 0.2) is 57.7 Å². The summed E-state index contributed by atoms with van der Waals surface area (Å²) in [7, 11) is 1.69. The third kappa shape index (κ3) is 2.14. The van der Waals surface area contributed by atoms with Crippen molar-refractivity contribution in [1.82, 2.24) is 4.98 Å². The Morgan fingerprint density at radius 1 is 0.960 bits per heavy atom. The second-order valence-corrected chi connectivity index (χ2v) is 6.32. The molecule has 25 heavy (non-hydrogen) atoms. The number of fused-ring (bicyclic) bond motifs is 6. The Bertz CT molecular complexity index is 1210. The van der Waals surface area contributed by atoms with E-state index in [0.29, 0.717) is 5.58 Å². The minimum atomic E-state index is -0.333. The van der Waals surface area contributed by atoms with Gasteiger partial charge in [-0.1, -0.05) is 0 Å². The maximum Gasteiger partial charge on any atom is 0.336 e. The van der Waals surface area contributed by atoms with E-state index in [1.165, 1.54) is 22.8 Å². The van der Waals surface area contributed by atoms with Gasteiger partial charge in [-0.2, -0.15) is 0 Å². The molecule has 0 fully saturated rings. The first kappa shape index (κ1) is 14.2. The first-order valence-electron chi connectivity index (χ1n) is 8.27. The SMILES string of the molecule is COc1ccc2c(c1)CCc1cc3c(ccc4oc(=O)ccc43)nc1-2. The zero-order chi connectivity index (χ0) is 17.0. The Kier molecular flexibility index (Phi) is 2.95. The lowest BCUT2D eigenvalue weighted by molar-refractivity contribution is 0.414. The van der Waals surface area contributed by atoms with Crippen LogP contribution in [-0.2, 0) is 12.8 Å². The van der Waals surface area contributed by atoms with Gasteiger partial charge in [0, 0.05) is 22.4 Å². The number of aryl methyl sites for hydroxylation is 2. The maximum absolute atomic E-state index is 11.4. The van der Waals surface area contributed by atoms with E-state index in [0.717, 1.165) is 40.6 Å². The number of benzene rings is 2. The lowest BCUT2D eigenvalue weighted by Gasteiger charge is -2.20. The predicted molar refractivity (Wildman–Crippen MR) is 97.2 cm³/mol. The number of pyridine rings is 1. The van der Waals surface area contributed by atoms with E-state index in [2.05, 4.69) is 18.2 Å². The molecule has 0 aliphatic heterocycles. The van der Waals surface area contributed by atoms with E-state index in [1.807, 2.05) is 24.3 Å². The molecule has 2 aromatic heterocycles. The fourth-order valence-electron chi connectivity index (χ4n) is 3.67. The van der Waals surface area contributed by atoms with Crippen molar-refractivity contribution in [2.75, 3.05) is 7.11 Å². The molecule has 0 saturated heterocycles. The summed E-state index contributed by atoms with van der Waals surface area (Å²) in [5.74, 6) is 0.879. The number of hydrogen-bond acceptors (Lipinski definition) is 4. The summed E-state index contributed by atoms with van der Waals surface area (Å²) >= 11 is 0. The van der Waals surface area contributed by atoms with Gasteiger partial charge in [0.25, 0.3) is 0 Å². The van der Waals surface area contributed by atoms with Gasteiger partial charge < -0.3 is 9.15 Å². The van der Waals surface area contributed by atoms with Crippen LogP contribution in [0.4, 0.5) is 0 Å². The molecule has 2 aromatic carbocycles. The highest BCUT2D eigenvalue weighted by molar-refractivity contribution is 6.05. The van der Waals surface area contributed by atoms with Crippen LogP contribution in [0.2, 0.25) is 0 Å². The van der Waals surface area contributed by atoms with Gasteiger partial charge >= 0.3 is 5.63 Å². The van der Waals surface area contributed by atoms with E-state index >= 15 is 0 Å². The average Bonchev–Trinajstić information content (AvgIpc) is 2.65. The maximum atomic E-state index is 11.4. The van der Waals surface area contributed by atoms with Crippen molar-refractivity contribution in [3.8, 4) is 17.0 Å². The molecule has 0 N–H and O–H groups in total. The van der Waals surface area contributed by atoms with Crippen molar-refractivity contribution in [1.29, 1.82) is 0 Å². The highest BCUT2D eigenvalue weighted by atomic mass is 16.5. The number of rotatable bonds is 1. The van der Waals surface area contributed by atoms with Crippen molar-refractivity contribution in [3.63, 3.8) is 0 Å². The second-order valence-electron chi connectivity index (χ2n) is 6.32. The lowest BCUT2D eigenvalue weighted by Crippen LogP contribution is -2.06. The number of hydrogen-bond donors (Lipinski definition) is 0. The van der Waals surface area contributed by atoms with Gasteiger partial charge in [0.05, 0.1) is 18.3 Å². The van der Waals surface area contributed by atoms with Crippen LogP contribution >= 0.6 is 0 Å². The molecular formula is C21H15NO3. The first-order chi connectivity index (χ1) is 12.2. The standard InChI is InChI=1S/C21H15NO3/c1-24-14-4-5-15-12(10-14)2-3-13-11-17-16-6-9-20(23)25-19(16)8-7-18(17)22-21(13)15/h4-11H,2-3H2,1H3. The first-order valence-corrected chi connectivity index (χ1v) is 8.27. The Hall–Kier alpha value is -3.14. The molecule has 4 nitrogen and oxygen atoms in total. The molecule has 122 valence electrons. The van der Waals surface area contributed by atoms with Gasteiger partial charge in [-0.05, 0) is 66.4 Å². The molecule has 0 atom stereocenters. The quantitative estimate of drug-likeness (QED) is 0.389. The van der Waals surface area contributed by atoms with Crippen molar-refractivity contribution in [2.45, 2.75) is 12.8 Å². The molecule has 4 heteroatoms. The number of nitrogens with zero attached hydrogens (tertiary/aromatic N) is 1. The fraction of sp³-hybridized carbons (Fsp3) is 0.143. The van der Waals surface area contributed by atoms with Gasteiger partial charge in [-0.3, -0.25) is 0 Å². The Labute approximate surface area is 143 Å². The van der Waals surface area contributed by atoms with Crippen LogP contribution in [0.1, 0.15) is 11.1 Å². The van der Waals surface area contributed by atoms with Gasteiger partial charge in [-0.25, -0.2) is 9.78 Å². The Balaban J connectivity index is 1.79. The van der Waals surface area contributed by atoms with E-state index in [9.17, 15) is 4.79 Å². The van der Waals surface area contributed by atoms with Crippen LogP contribution < -0.4 is 10.4 Å². The zero-order valence-corrected chi connectivity index (χ0v) is 13.7. The highest BCUT2D eigenvalue weighted by Crippen LogP contribution is 2.37. The third-order valence-corrected chi connectivity index (χ3v) is 4.91. The van der Waals surface area contributed by atoms with Crippen LogP contribution in [0.5, 0.6) is 5.75 Å². The minimum absolute atomic E-state index is 0.333. The smallest absolute Gasteiger partial charge is 0.336 e. The van der Waals surface area contributed by atoms with E-state index in [1.54, 1.807) is 7.11 Å². The summed E-state index contributed by atoms with van der Waals surface area (Å²) in [6.45, 7) is 0. The molecule has 0 amide bonds. The van der Waals surface area contributed by atoms with Crippen molar-refractivity contribution < 1.29 is 9.15 Å². The zero-order valence-electron chi connectivity index (χ0n) is 13.7. The number of methoxy groups -OCH3 is 1. The molecular weight excluding hydrogens is 314 g/mol. The fourth-order valence-corrected chi connectivity index (χ4v) is 3.67. The van der Waals surface area contributed by atoms with Crippen molar-refractivity contribution in [2.24, 2.45) is 0 Å². The van der Waals surface area contributed by atoms with Crippen LogP contribution in [0, 0.1) is 0 Å². The van der Waals surface area contributed by atoms with Crippen molar-refractivity contribution >= 4 is 21.9 Å². The monoisotopic (exact) mass is 329 g/mol. The molecule has 0 radical (unpaired) electrons. The molecule has 0 saturated carbocycles. The van der Waals surface area contributed by atoms with E-state index < -0.39 is 0 Å². The van der Waals surface area contributed by atoms with Gasteiger partial charge in [0.15, 0.2) is 0 Å². The number of ether oxygens (including phenoxy) is 1. The highest BCUT2D eigenvalue weighted by Gasteiger charge is 2.19. The normalized spacial score (nSPS) is 12.8. The van der Waals surface area contributed by atoms with Crippen LogP contribution in [-0.4, -0.2) is 12.1 Å². The average molecular weight is 329 g/mol. The summed E-state index contributed by atoms with van der Waals surface area (Å²) in [5, 5.41) is 1.95. The topological polar surface area (TPSA) is 52.3 Å². The van der Waals surface area contributed by atoms with E-state index in [4.69, 9.17) is 14.1 Å². The largest absolute Gasteiger partial charge is 0.497 e. The molecule has 0 bridgehead atoms. The summed E-state index contributed by atoms with van der Waals surface area (Å²) in [4.78, 5) is 16.4. The van der Waals surface area contributed by atoms with E-state index in [-0.39, 0.29) is 5.63 Å². The van der Waals surface area contributed by atoms with Gasteiger partial charge in [-0.15, -0.1) is 0 Å². The molecule has 5 rings (SSSR count). The molecule has 0 spiro atoms. The summed E-state index contributed by atoms with van der Waals surface area (Å²) in [5.41, 5.74) is 5.87.